The van der Waals surface area contributed by atoms with E-state index in [9.17, 15) is 24.0 Å². The van der Waals surface area contributed by atoms with Gasteiger partial charge in [0.2, 0.25) is 11.8 Å². The Balaban J connectivity index is 1.49. The zero-order valence-electron chi connectivity index (χ0n) is 25.0. The predicted octanol–water partition coefficient (Wildman–Crippen LogP) is 1.80. The molecule has 230 valence electrons. The fourth-order valence-electron chi connectivity index (χ4n) is 5.21. The Morgan fingerprint density at radius 1 is 1.16 bits per heavy atom. The molecule has 3 amide bonds. The molecule has 13 nitrogen and oxygen atoms in total. The normalized spacial score (nSPS) is 16.0. The van der Waals surface area contributed by atoms with Crippen LogP contribution in [0.1, 0.15) is 59.7 Å². The number of aromatic nitrogens is 3. The number of fused-ring (bicyclic) bond motifs is 1. The Hall–Kier alpha value is -4.68. The van der Waals surface area contributed by atoms with E-state index >= 15 is 0 Å². The summed E-state index contributed by atoms with van der Waals surface area (Å²) >= 11 is 0. The second-order valence-corrected chi connectivity index (χ2v) is 11.2. The van der Waals surface area contributed by atoms with Crippen LogP contribution >= 0.6 is 0 Å². The van der Waals surface area contributed by atoms with Gasteiger partial charge in [-0.15, -0.1) is 0 Å². The van der Waals surface area contributed by atoms with Gasteiger partial charge in [0, 0.05) is 36.0 Å². The van der Waals surface area contributed by atoms with E-state index in [-0.39, 0.29) is 29.6 Å². The van der Waals surface area contributed by atoms with Gasteiger partial charge in [0.25, 0.3) is 5.91 Å². The third-order valence-corrected chi connectivity index (χ3v) is 7.47. The number of rotatable bonds is 13. The van der Waals surface area contributed by atoms with Crippen molar-refractivity contribution in [1.82, 2.24) is 30.7 Å². The van der Waals surface area contributed by atoms with E-state index in [4.69, 9.17) is 9.47 Å². The van der Waals surface area contributed by atoms with Crippen molar-refractivity contribution in [3.8, 4) is 5.75 Å². The van der Waals surface area contributed by atoms with Gasteiger partial charge in [0.1, 0.15) is 23.2 Å². The molecule has 1 aliphatic rings. The third kappa shape index (κ3) is 7.40. The lowest BCUT2D eigenvalue weighted by Gasteiger charge is -2.25. The minimum atomic E-state index is -1.12. The average Bonchev–Trinajstić information content (AvgIpc) is 3.68. The molecule has 0 radical (unpaired) electrons. The summed E-state index contributed by atoms with van der Waals surface area (Å²) in [6.45, 7) is 5.37. The maximum absolute atomic E-state index is 13.6. The van der Waals surface area contributed by atoms with E-state index in [0.717, 1.165) is 5.39 Å². The maximum atomic E-state index is 13.6. The van der Waals surface area contributed by atoms with Gasteiger partial charge >= 0.3 is 5.97 Å². The minimum absolute atomic E-state index is 0.0247. The molecule has 4 N–H and O–H groups in total. The number of amides is 3. The fourth-order valence-corrected chi connectivity index (χ4v) is 5.21. The Morgan fingerprint density at radius 3 is 2.56 bits per heavy atom. The molecule has 4 rings (SSSR count). The van der Waals surface area contributed by atoms with Crippen molar-refractivity contribution in [3.63, 3.8) is 0 Å². The van der Waals surface area contributed by atoms with Crippen LogP contribution in [0.4, 0.5) is 0 Å². The van der Waals surface area contributed by atoms with Gasteiger partial charge < -0.3 is 30.4 Å². The summed E-state index contributed by atoms with van der Waals surface area (Å²) in [5.74, 6) is -2.47. The number of ketones is 1. The summed E-state index contributed by atoms with van der Waals surface area (Å²) in [6, 6.07) is 4.94. The minimum Gasteiger partial charge on any atom is -0.496 e. The Bertz CT molecular complexity index is 1500. The molecule has 3 aromatic rings. The lowest BCUT2D eigenvalue weighted by Crippen LogP contribution is -2.53. The quantitative estimate of drug-likeness (QED) is 0.217. The van der Waals surface area contributed by atoms with Crippen molar-refractivity contribution < 1.29 is 33.4 Å². The smallest absolute Gasteiger partial charge is 0.357 e. The predicted molar refractivity (Wildman–Crippen MR) is 156 cm³/mol. The number of benzene rings is 1. The lowest BCUT2D eigenvalue weighted by atomic mass is 9.95. The molecule has 1 fully saturated rings. The molecule has 2 aromatic heterocycles. The molecule has 1 saturated heterocycles. The standard InChI is InChI=1S/C30H38N6O7/c1-16(2)11-22(35-29(40)23-13-19-20(33-23)7-6-8-25(19)42-5)28(39)34-21(12-18-9-10-31-27(18)38)24(37)15-43-30(41)26-17(3)14-32-36(26)4/h6-8,13-14,16,18,21-22,33H,9-12,15H2,1-5H3,(H,31,38)(H,34,39)(H,35,40)/t18-,21-,22-/m0/s1. The van der Waals surface area contributed by atoms with Crippen molar-refractivity contribution >= 4 is 40.4 Å². The number of carbonyl (C=O) groups excluding carboxylic acids is 5. The molecule has 3 heterocycles. The summed E-state index contributed by atoms with van der Waals surface area (Å²) in [7, 11) is 3.13. The molecule has 0 aliphatic carbocycles. The van der Waals surface area contributed by atoms with Gasteiger partial charge in [0.15, 0.2) is 12.4 Å². The first-order chi connectivity index (χ1) is 20.5. The summed E-state index contributed by atoms with van der Waals surface area (Å²) in [5.41, 5.74) is 1.74. The molecule has 0 spiro atoms. The van der Waals surface area contributed by atoms with Gasteiger partial charge in [-0.2, -0.15) is 5.10 Å². The number of aromatic amines is 1. The molecule has 0 bridgehead atoms. The number of H-pyrrole nitrogens is 1. The number of nitrogens with zero attached hydrogens (tertiary/aromatic N) is 2. The summed E-state index contributed by atoms with van der Waals surface area (Å²) in [6.07, 6.45) is 2.33. The van der Waals surface area contributed by atoms with Crippen LogP contribution < -0.4 is 20.7 Å². The first kappa shape index (κ1) is 31.3. The molecule has 43 heavy (non-hydrogen) atoms. The Kier molecular flexibility index (Phi) is 9.84. The number of esters is 1. The van der Waals surface area contributed by atoms with Gasteiger partial charge in [0.05, 0.1) is 19.3 Å². The van der Waals surface area contributed by atoms with E-state index in [2.05, 4.69) is 26.0 Å². The van der Waals surface area contributed by atoms with Crippen molar-refractivity contribution in [3.05, 3.63) is 47.4 Å². The van der Waals surface area contributed by atoms with E-state index < -0.39 is 48.2 Å². The van der Waals surface area contributed by atoms with Gasteiger partial charge in [-0.3, -0.25) is 23.9 Å². The highest BCUT2D eigenvalue weighted by atomic mass is 16.5. The zero-order valence-corrected chi connectivity index (χ0v) is 25.0. The van der Waals surface area contributed by atoms with Crippen LogP contribution in [0.25, 0.3) is 10.9 Å². The van der Waals surface area contributed by atoms with Crippen LogP contribution in [-0.2, 0) is 26.2 Å². The van der Waals surface area contributed by atoms with Crippen LogP contribution in [0.3, 0.4) is 0 Å². The maximum Gasteiger partial charge on any atom is 0.357 e. The highest BCUT2D eigenvalue weighted by Gasteiger charge is 2.34. The molecule has 13 heteroatoms. The lowest BCUT2D eigenvalue weighted by molar-refractivity contribution is -0.131. The van der Waals surface area contributed by atoms with Crippen LogP contribution in [0.2, 0.25) is 0 Å². The highest BCUT2D eigenvalue weighted by Crippen LogP contribution is 2.26. The molecular weight excluding hydrogens is 556 g/mol. The number of ether oxygens (including phenoxy) is 2. The molecule has 0 saturated carbocycles. The number of carbonyl (C=O) groups is 5. The van der Waals surface area contributed by atoms with Crippen molar-refractivity contribution in [2.24, 2.45) is 18.9 Å². The van der Waals surface area contributed by atoms with Crippen molar-refractivity contribution in [2.75, 3.05) is 20.3 Å². The largest absolute Gasteiger partial charge is 0.496 e. The van der Waals surface area contributed by atoms with Gasteiger partial charge in [-0.1, -0.05) is 19.9 Å². The van der Waals surface area contributed by atoms with Crippen LogP contribution in [0.15, 0.2) is 30.5 Å². The molecule has 1 aromatic carbocycles. The Labute approximate surface area is 249 Å². The third-order valence-electron chi connectivity index (χ3n) is 7.47. The number of hydrogen-bond donors (Lipinski definition) is 4. The second kappa shape index (κ2) is 13.5. The van der Waals surface area contributed by atoms with E-state index in [0.29, 0.717) is 36.2 Å². The van der Waals surface area contributed by atoms with Crippen molar-refractivity contribution in [1.29, 1.82) is 0 Å². The van der Waals surface area contributed by atoms with Crippen LogP contribution in [0, 0.1) is 18.8 Å². The number of Topliss-reactive ketones (excluding diaryl/α,β-unsaturated/α-hetero) is 1. The van der Waals surface area contributed by atoms with Gasteiger partial charge in [-0.05, 0) is 50.3 Å². The van der Waals surface area contributed by atoms with E-state index in [1.54, 1.807) is 32.2 Å². The average molecular weight is 595 g/mol. The zero-order chi connectivity index (χ0) is 31.3. The molecule has 1 aliphatic heterocycles. The Morgan fingerprint density at radius 2 is 1.93 bits per heavy atom. The summed E-state index contributed by atoms with van der Waals surface area (Å²) < 4.78 is 12.0. The molecule has 0 unspecified atom stereocenters. The second-order valence-electron chi connectivity index (χ2n) is 11.2. The number of nitrogens with one attached hydrogen (secondary N) is 4. The number of methoxy groups -OCH3 is 1. The monoisotopic (exact) mass is 594 g/mol. The number of hydrogen-bond acceptors (Lipinski definition) is 8. The summed E-state index contributed by atoms with van der Waals surface area (Å²) in [4.78, 5) is 68.1. The number of aryl methyl sites for hydroxylation is 2. The molecular formula is C30H38N6O7. The van der Waals surface area contributed by atoms with Crippen LogP contribution in [0.5, 0.6) is 5.75 Å². The van der Waals surface area contributed by atoms with E-state index in [1.807, 2.05) is 19.9 Å². The fraction of sp³-hybridized carbons (Fsp3) is 0.467. The van der Waals surface area contributed by atoms with Gasteiger partial charge in [-0.25, -0.2) is 4.79 Å². The summed E-state index contributed by atoms with van der Waals surface area (Å²) in [5, 5.41) is 13.0. The first-order valence-electron chi connectivity index (χ1n) is 14.2. The van der Waals surface area contributed by atoms with Crippen molar-refractivity contribution in [2.45, 2.75) is 52.1 Å². The van der Waals surface area contributed by atoms with Crippen LogP contribution in [-0.4, -0.2) is 76.6 Å². The molecule has 3 atom stereocenters. The van der Waals surface area contributed by atoms with E-state index in [1.165, 1.54) is 18.0 Å². The first-order valence-corrected chi connectivity index (χ1v) is 14.2. The topological polar surface area (TPSA) is 174 Å². The highest BCUT2D eigenvalue weighted by molar-refractivity contribution is 6.02. The SMILES string of the molecule is COc1cccc2[nH]c(C(=O)N[C@@H](CC(C)C)C(=O)N[C@@H](C[C@@H]3CCNC3=O)C(=O)COC(=O)c3c(C)cnn3C)cc12.